The Morgan fingerprint density at radius 3 is 1.52 bits per heavy atom. The van der Waals surface area contributed by atoms with Crippen LogP contribution in [-0.2, 0) is 27.2 Å². The molecule has 0 amide bonds. The first-order chi connectivity index (χ1) is 10.8. The first-order valence-corrected chi connectivity index (χ1v) is 9.62. The van der Waals surface area contributed by atoms with E-state index in [4.69, 9.17) is 0 Å². The summed E-state index contributed by atoms with van der Waals surface area (Å²) in [4.78, 5) is 10.2. The predicted molar refractivity (Wildman–Crippen MR) is 93.7 cm³/mol. The van der Waals surface area contributed by atoms with Crippen molar-refractivity contribution in [2.45, 2.75) is 110 Å². The molecule has 0 N–H and O–H groups in total. The van der Waals surface area contributed by atoms with Crippen LogP contribution in [0.25, 0.3) is 0 Å². The minimum Gasteiger partial charge on any atom is -0.550 e. The summed E-state index contributed by atoms with van der Waals surface area (Å²) in [5.74, 6) is -0.913. The number of allylic oxidation sites excluding steroid dienone is 2. The number of carboxylic acid groups (broad SMARTS) is 1. The van der Waals surface area contributed by atoms with E-state index in [1.165, 1.54) is 77.0 Å². The number of unbranched alkanes of at least 4 members (excludes halogenated alkanes) is 13. The Labute approximate surface area is 160 Å². The molecule has 3 heteroatoms. The molecule has 0 aliphatic rings. The van der Waals surface area contributed by atoms with Crippen molar-refractivity contribution in [2.75, 3.05) is 0 Å². The van der Waals surface area contributed by atoms with Gasteiger partial charge in [0, 0.05) is 5.97 Å². The monoisotopic (exact) mass is 416 g/mol. The van der Waals surface area contributed by atoms with Gasteiger partial charge in [-0.25, -0.2) is 0 Å². The Morgan fingerprint density at radius 2 is 1.09 bits per heavy atom. The Bertz CT molecular complexity index is 264. The first kappa shape index (κ1) is 25.2. The second-order valence-corrected chi connectivity index (χ2v) is 6.41. The van der Waals surface area contributed by atoms with E-state index in [1.54, 1.807) is 0 Å². The Kier molecular flexibility index (Phi) is 24.0. The number of carbonyl (C=O) groups excluding carboxylic acids is 1. The average molecular weight is 417 g/mol. The average Bonchev–Trinajstić information content (AvgIpc) is 2.50. The number of hydrogen-bond donors (Lipinski definition) is 0. The van der Waals surface area contributed by atoms with Crippen LogP contribution in [0, 0.1) is 0 Å². The second kappa shape index (κ2) is 22.0. The smallest absolute Gasteiger partial charge is 0.550 e. The third-order valence-corrected chi connectivity index (χ3v) is 4.14. The molecule has 0 heterocycles. The molecular weight excluding hydrogens is 380 g/mol. The van der Waals surface area contributed by atoms with Crippen molar-refractivity contribution in [1.82, 2.24) is 0 Å². The summed E-state index contributed by atoms with van der Waals surface area (Å²) in [7, 11) is 0. The molecule has 0 aromatic carbocycles. The third kappa shape index (κ3) is 24.3. The molecule has 0 rings (SSSR count). The molecule has 0 aromatic heterocycles. The molecule has 0 fully saturated rings. The molecule has 0 radical (unpaired) electrons. The molecule has 23 heavy (non-hydrogen) atoms. The number of carboxylic acids is 1. The van der Waals surface area contributed by atoms with Crippen molar-refractivity contribution in [1.29, 1.82) is 0 Å². The summed E-state index contributed by atoms with van der Waals surface area (Å²) in [5, 5.41) is 10.2. The Hall–Kier alpha value is -0.0497. The van der Waals surface area contributed by atoms with E-state index in [-0.39, 0.29) is 28.8 Å². The van der Waals surface area contributed by atoms with Crippen molar-refractivity contribution in [2.24, 2.45) is 0 Å². The Balaban J connectivity index is 0. The third-order valence-electron chi connectivity index (χ3n) is 4.14. The van der Waals surface area contributed by atoms with Crippen LogP contribution in [-0.4, -0.2) is 5.97 Å². The van der Waals surface area contributed by atoms with Crippen LogP contribution in [0.3, 0.4) is 0 Å². The number of aliphatic carboxylic acids is 1. The molecule has 0 bridgehead atoms. The van der Waals surface area contributed by atoms with Crippen molar-refractivity contribution in [3.05, 3.63) is 12.2 Å². The quantitative estimate of drug-likeness (QED) is 0.177. The van der Waals surface area contributed by atoms with Gasteiger partial charge in [0.1, 0.15) is 0 Å². The van der Waals surface area contributed by atoms with Crippen LogP contribution in [0.15, 0.2) is 12.2 Å². The fourth-order valence-corrected chi connectivity index (χ4v) is 2.69. The van der Waals surface area contributed by atoms with E-state index < -0.39 is 5.97 Å². The van der Waals surface area contributed by atoms with Crippen molar-refractivity contribution < 1.29 is 32.3 Å². The molecule has 0 spiro atoms. The fraction of sp³-hybridized carbons (Fsp3) is 0.850. The second-order valence-electron chi connectivity index (χ2n) is 6.41. The van der Waals surface area contributed by atoms with Crippen LogP contribution < -0.4 is 5.11 Å². The standard InChI is InChI=1S/C20H38O2.Ag/c1-2-3-4-5-6-7-8-9-10-11-12-13-14-15-16-17-18-19-20(21)22;/h11-12H,2-10,13-19H2,1H3,(H,21,22);/q;+1/p-1/b12-11-;. The van der Waals surface area contributed by atoms with Crippen LogP contribution in [0.5, 0.6) is 0 Å². The summed E-state index contributed by atoms with van der Waals surface area (Å²) in [6, 6.07) is 0. The van der Waals surface area contributed by atoms with Crippen molar-refractivity contribution in [3.8, 4) is 0 Å². The molecule has 140 valence electrons. The van der Waals surface area contributed by atoms with Crippen molar-refractivity contribution >= 4 is 5.97 Å². The van der Waals surface area contributed by atoms with E-state index in [0.717, 1.165) is 19.3 Å². The van der Waals surface area contributed by atoms with Gasteiger partial charge in [0.25, 0.3) is 0 Å². The summed E-state index contributed by atoms with van der Waals surface area (Å²) >= 11 is 0. The van der Waals surface area contributed by atoms with Gasteiger partial charge in [-0.3, -0.25) is 0 Å². The Morgan fingerprint density at radius 1 is 0.696 bits per heavy atom. The number of hydrogen-bond acceptors (Lipinski definition) is 2. The summed E-state index contributed by atoms with van der Waals surface area (Å²) < 4.78 is 0. The largest absolute Gasteiger partial charge is 1.00 e. The van der Waals surface area contributed by atoms with E-state index in [1.807, 2.05) is 0 Å². The van der Waals surface area contributed by atoms with Gasteiger partial charge >= 0.3 is 22.4 Å². The molecule has 0 atom stereocenters. The molecular formula is C20H37AgO2. The van der Waals surface area contributed by atoms with Crippen LogP contribution in [0.4, 0.5) is 0 Å². The maximum atomic E-state index is 10.2. The molecule has 0 aliphatic carbocycles. The summed E-state index contributed by atoms with van der Waals surface area (Å²) in [6.45, 7) is 2.27. The van der Waals surface area contributed by atoms with Gasteiger partial charge in [0.05, 0.1) is 0 Å². The minimum absolute atomic E-state index is 0. The van der Waals surface area contributed by atoms with Gasteiger partial charge in [0.2, 0.25) is 0 Å². The summed E-state index contributed by atoms with van der Waals surface area (Å²) in [5.41, 5.74) is 0. The topological polar surface area (TPSA) is 40.1 Å². The van der Waals surface area contributed by atoms with Gasteiger partial charge < -0.3 is 9.90 Å². The first-order valence-electron chi connectivity index (χ1n) is 9.62. The fourth-order valence-electron chi connectivity index (χ4n) is 2.69. The maximum absolute atomic E-state index is 10.2. The van der Waals surface area contributed by atoms with E-state index in [2.05, 4.69) is 19.1 Å². The molecule has 0 aromatic rings. The van der Waals surface area contributed by atoms with Crippen molar-refractivity contribution in [3.63, 3.8) is 0 Å². The molecule has 2 nitrogen and oxygen atoms in total. The normalized spacial score (nSPS) is 10.8. The van der Waals surface area contributed by atoms with Crippen LogP contribution >= 0.6 is 0 Å². The van der Waals surface area contributed by atoms with Gasteiger partial charge in [-0.2, -0.15) is 0 Å². The minimum atomic E-state index is -0.913. The van der Waals surface area contributed by atoms with E-state index in [0.29, 0.717) is 0 Å². The van der Waals surface area contributed by atoms with Gasteiger partial charge in [0.15, 0.2) is 0 Å². The van der Waals surface area contributed by atoms with E-state index in [9.17, 15) is 9.90 Å². The van der Waals surface area contributed by atoms with Crippen LogP contribution in [0.2, 0.25) is 0 Å². The summed E-state index contributed by atoms with van der Waals surface area (Å²) in [6.07, 6.45) is 23.8. The van der Waals surface area contributed by atoms with E-state index >= 15 is 0 Å². The molecule has 0 unspecified atom stereocenters. The number of rotatable bonds is 17. The molecule has 0 saturated carbocycles. The zero-order valence-corrected chi connectivity index (χ0v) is 16.6. The molecule has 0 saturated heterocycles. The van der Waals surface area contributed by atoms with Crippen LogP contribution in [0.1, 0.15) is 110 Å². The molecule has 0 aliphatic heterocycles. The SMILES string of the molecule is CCCCCCCCCC/C=C\CCCCCCCC(=O)[O-].[Ag+]. The van der Waals surface area contributed by atoms with Gasteiger partial charge in [-0.05, 0) is 38.5 Å². The van der Waals surface area contributed by atoms with Gasteiger partial charge in [-0.15, -0.1) is 0 Å². The maximum Gasteiger partial charge on any atom is 1.00 e. The zero-order valence-electron chi connectivity index (χ0n) is 15.1. The van der Waals surface area contributed by atoms with Gasteiger partial charge in [-0.1, -0.05) is 83.3 Å². The number of carbonyl (C=O) groups is 1. The zero-order chi connectivity index (χ0) is 16.3. The predicted octanol–water partition coefficient (Wildman–Crippen LogP) is 5.55.